The molecule has 1 aromatic heterocycles. The molecule has 0 bridgehead atoms. The molecule has 1 aliphatic carbocycles. The van der Waals surface area contributed by atoms with Gasteiger partial charge in [0.05, 0.1) is 6.57 Å². The first-order chi connectivity index (χ1) is 9.83. The van der Waals surface area contributed by atoms with Gasteiger partial charge in [0.25, 0.3) is 0 Å². The third-order valence-corrected chi connectivity index (χ3v) is 4.54. The van der Waals surface area contributed by atoms with E-state index in [1.165, 1.54) is 30.2 Å². The Morgan fingerprint density at radius 3 is 3.10 bits per heavy atom. The van der Waals surface area contributed by atoms with Crippen molar-refractivity contribution in [2.75, 3.05) is 13.1 Å². The summed E-state index contributed by atoms with van der Waals surface area (Å²) >= 11 is 0. The minimum atomic E-state index is 0.629. The van der Waals surface area contributed by atoms with Gasteiger partial charge in [-0.2, -0.15) is 0 Å². The fraction of sp³-hybridized carbons (Fsp3) is 0.471. The molecule has 0 radical (unpaired) electrons. The maximum absolute atomic E-state index is 7.19. The first-order valence-electron chi connectivity index (χ1n) is 7.52. The van der Waals surface area contributed by atoms with Gasteiger partial charge in [-0.05, 0) is 60.8 Å². The molecule has 3 heteroatoms. The normalized spacial score (nSPS) is 22.2. The van der Waals surface area contributed by atoms with E-state index in [1.807, 2.05) is 18.2 Å². The molecule has 1 heterocycles. The minimum absolute atomic E-state index is 0.629. The van der Waals surface area contributed by atoms with Gasteiger partial charge in [-0.25, -0.2) is 4.85 Å². The lowest BCUT2D eigenvalue weighted by Crippen LogP contribution is -2.24. The number of benzene rings is 1. The van der Waals surface area contributed by atoms with Crippen LogP contribution >= 0.6 is 0 Å². The molecule has 3 rings (SSSR count). The summed E-state index contributed by atoms with van der Waals surface area (Å²) in [5, 5.41) is 4.74. The molecule has 0 amide bonds. The number of hydrogen-bond donors (Lipinski definition) is 2. The van der Waals surface area contributed by atoms with Crippen LogP contribution in [0.3, 0.4) is 0 Å². The lowest BCUT2D eigenvalue weighted by molar-refractivity contribution is 0.452. The van der Waals surface area contributed by atoms with Crippen LogP contribution in [0.5, 0.6) is 0 Å². The molecule has 1 fully saturated rings. The van der Waals surface area contributed by atoms with E-state index in [1.54, 1.807) is 0 Å². The Morgan fingerprint density at radius 2 is 2.30 bits per heavy atom. The smallest absolute Gasteiger partial charge is 0.187 e. The van der Waals surface area contributed by atoms with Crippen molar-refractivity contribution in [3.8, 4) is 0 Å². The van der Waals surface area contributed by atoms with Crippen LogP contribution in [0.1, 0.15) is 37.7 Å². The average molecular weight is 267 g/mol. The monoisotopic (exact) mass is 267 g/mol. The number of aromatic nitrogens is 1. The second-order valence-electron chi connectivity index (χ2n) is 5.69. The highest BCUT2D eigenvalue weighted by molar-refractivity contribution is 5.87. The largest absolute Gasteiger partial charge is 0.361 e. The van der Waals surface area contributed by atoms with Gasteiger partial charge in [-0.3, -0.25) is 0 Å². The predicted octanol–water partition coefficient (Wildman–Crippen LogP) is 4.21. The first kappa shape index (κ1) is 13.2. The Hall–Kier alpha value is -1.79. The van der Waals surface area contributed by atoms with Gasteiger partial charge >= 0.3 is 0 Å². The zero-order valence-electron chi connectivity index (χ0n) is 11.9. The third kappa shape index (κ3) is 2.32. The Labute approximate surface area is 120 Å². The summed E-state index contributed by atoms with van der Waals surface area (Å²) in [6, 6.07) is 5.96. The molecule has 1 aliphatic rings. The zero-order valence-corrected chi connectivity index (χ0v) is 11.9. The van der Waals surface area contributed by atoms with Crippen LogP contribution in [-0.4, -0.2) is 18.1 Å². The van der Waals surface area contributed by atoms with E-state index in [9.17, 15) is 0 Å². The van der Waals surface area contributed by atoms with Gasteiger partial charge < -0.3 is 10.3 Å². The summed E-state index contributed by atoms with van der Waals surface area (Å²) in [7, 11) is 0. The fourth-order valence-corrected chi connectivity index (χ4v) is 3.53. The minimum Gasteiger partial charge on any atom is -0.361 e. The highest BCUT2D eigenvalue weighted by Crippen LogP contribution is 2.42. The molecular weight excluding hydrogens is 246 g/mol. The Balaban J connectivity index is 1.94. The highest BCUT2D eigenvalue weighted by Gasteiger charge is 2.29. The van der Waals surface area contributed by atoms with Crippen molar-refractivity contribution in [1.82, 2.24) is 10.3 Å². The molecule has 104 valence electrons. The molecule has 1 aromatic carbocycles. The van der Waals surface area contributed by atoms with Crippen molar-refractivity contribution in [2.24, 2.45) is 5.92 Å². The molecule has 0 spiro atoms. The van der Waals surface area contributed by atoms with Crippen molar-refractivity contribution in [2.45, 2.75) is 32.1 Å². The van der Waals surface area contributed by atoms with Crippen molar-refractivity contribution in [3.63, 3.8) is 0 Å². The van der Waals surface area contributed by atoms with E-state index in [4.69, 9.17) is 6.57 Å². The molecule has 3 nitrogen and oxygen atoms in total. The average Bonchev–Trinajstić information content (AvgIpc) is 3.10. The highest BCUT2D eigenvalue weighted by atomic mass is 14.8. The van der Waals surface area contributed by atoms with Gasteiger partial charge in [-0.15, -0.1) is 0 Å². The SMILES string of the molecule is [C-]#[N+]c1ccc2[nH]cc(C3CCCC3CNCC)c2c1. The topological polar surface area (TPSA) is 32.2 Å². The molecule has 2 unspecified atom stereocenters. The van der Waals surface area contributed by atoms with Gasteiger partial charge in [0, 0.05) is 11.7 Å². The summed E-state index contributed by atoms with van der Waals surface area (Å²) in [5.41, 5.74) is 3.30. The summed E-state index contributed by atoms with van der Waals surface area (Å²) in [6.07, 6.45) is 6.06. The van der Waals surface area contributed by atoms with Crippen LogP contribution < -0.4 is 5.32 Å². The Kier molecular flexibility index (Phi) is 3.75. The van der Waals surface area contributed by atoms with Crippen LogP contribution in [0.4, 0.5) is 5.69 Å². The lowest BCUT2D eigenvalue weighted by atomic mass is 9.88. The number of nitrogens with one attached hydrogen (secondary N) is 2. The van der Waals surface area contributed by atoms with Gasteiger partial charge in [0.15, 0.2) is 5.69 Å². The van der Waals surface area contributed by atoms with Gasteiger partial charge in [0.1, 0.15) is 0 Å². The maximum atomic E-state index is 7.19. The van der Waals surface area contributed by atoms with Crippen molar-refractivity contribution in [1.29, 1.82) is 0 Å². The second kappa shape index (κ2) is 5.68. The molecule has 2 aromatic rings. The zero-order chi connectivity index (χ0) is 13.9. The number of hydrogen-bond acceptors (Lipinski definition) is 1. The van der Waals surface area contributed by atoms with Crippen LogP contribution in [0, 0.1) is 12.5 Å². The Morgan fingerprint density at radius 1 is 1.40 bits per heavy atom. The number of H-pyrrole nitrogens is 1. The van der Waals surface area contributed by atoms with E-state index >= 15 is 0 Å². The van der Waals surface area contributed by atoms with Crippen molar-refractivity contribution < 1.29 is 0 Å². The third-order valence-electron chi connectivity index (χ3n) is 4.54. The van der Waals surface area contributed by atoms with Crippen LogP contribution in [0.15, 0.2) is 24.4 Å². The molecule has 1 saturated carbocycles. The summed E-state index contributed by atoms with van der Waals surface area (Å²) in [5.74, 6) is 1.36. The molecule has 2 atom stereocenters. The van der Waals surface area contributed by atoms with Gasteiger partial charge in [0.2, 0.25) is 0 Å². The number of rotatable bonds is 4. The molecule has 20 heavy (non-hydrogen) atoms. The van der Waals surface area contributed by atoms with E-state index in [0.717, 1.165) is 30.2 Å². The van der Waals surface area contributed by atoms with Gasteiger partial charge in [-0.1, -0.05) is 19.4 Å². The quantitative estimate of drug-likeness (QED) is 0.799. The van der Waals surface area contributed by atoms with Crippen LogP contribution in [0.2, 0.25) is 0 Å². The summed E-state index contributed by atoms with van der Waals surface area (Å²) < 4.78 is 0. The molecular formula is C17H21N3. The van der Waals surface area contributed by atoms with Crippen LogP contribution in [0.25, 0.3) is 15.7 Å². The maximum Gasteiger partial charge on any atom is 0.187 e. The lowest BCUT2D eigenvalue weighted by Gasteiger charge is -2.19. The predicted molar refractivity (Wildman–Crippen MR) is 83.2 cm³/mol. The summed E-state index contributed by atoms with van der Waals surface area (Å²) in [6.45, 7) is 11.5. The van der Waals surface area contributed by atoms with Crippen molar-refractivity contribution >= 4 is 16.6 Å². The Bertz CT molecular complexity index is 635. The van der Waals surface area contributed by atoms with E-state index in [-0.39, 0.29) is 0 Å². The number of nitrogens with zero attached hydrogens (tertiary/aromatic N) is 1. The summed E-state index contributed by atoms with van der Waals surface area (Å²) in [4.78, 5) is 6.93. The number of aromatic amines is 1. The second-order valence-corrected chi connectivity index (χ2v) is 5.69. The number of fused-ring (bicyclic) bond motifs is 1. The van der Waals surface area contributed by atoms with Crippen molar-refractivity contribution in [3.05, 3.63) is 41.4 Å². The van der Waals surface area contributed by atoms with Crippen LogP contribution in [-0.2, 0) is 0 Å². The first-order valence-corrected chi connectivity index (χ1v) is 7.52. The van der Waals surface area contributed by atoms with E-state index in [2.05, 4.69) is 28.3 Å². The molecule has 2 N–H and O–H groups in total. The van der Waals surface area contributed by atoms with E-state index in [0.29, 0.717) is 5.92 Å². The molecule has 0 saturated heterocycles. The van der Waals surface area contributed by atoms with E-state index < -0.39 is 0 Å². The molecule has 0 aliphatic heterocycles. The standard InChI is InChI=1S/C17H21N3/c1-3-19-10-12-5-4-6-14(12)16-11-20-17-8-7-13(18-2)9-15(16)17/h7-9,11-12,14,19-20H,3-6,10H2,1H3. The fourth-order valence-electron chi connectivity index (χ4n) is 3.53.